The van der Waals surface area contributed by atoms with Gasteiger partial charge in [-0.2, -0.15) is 0 Å². The first-order valence-corrected chi connectivity index (χ1v) is 3.39. The van der Waals surface area contributed by atoms with Gasteiger partial charge in [-0.05, 0) is 23.0 Å². The number of hydrogen-bond acceptors (Lipinski definition) is 3. The molecular formula is C6H11N3O2. The molecule has 0 aromatic carbocycles. The average Bonchev–Trinajstić information content (AvgIpc) is 2.03. The van der Waals surface area contributed by atoms with Crippen molar-refractivity contribution in [3.05, 3.63) is 10.4 Å². The fourth-order valence-electron chi connectivity index (χ4n) is 0.585. The number of hydrogen-bond donors (Lipinski definition) is 0. The summed E-state index contributed by atoms with van der Waals surface area (Å²) in [5.74, 6) is 0.0658. The van der Waals surface area contributed by atoms with Gasteiger partial charge < -0.3 is 4.74 Å². The molecule has 0 saturated carbocycles. The van der Waals surface area contributed by atoms with E-state index in [1.807, 2.05) is 13.8 Å². The second-order valence-electron chi connectivity index (χ2n) is 2.21. The van der Waals surface area contributed by atoms with Crippen molar-refractivity contribution >= 4 is 6.47 Å². The number of carbonyl (C=O) groups excluding carboxylic acids is 1. The fraction of sp³-hybridized carbons (Fsp3) is 0.833. The summed E-state index contributed by atoms with van der Waals surface area (Å²) in [6.45, 7) is 4.08. The molecule has 0 aromatic rings. The van der Waals surface area contributed by atoms with E-state index in [0.29, 0.717) is 6.47 Å². The van der Waals surface area contributed by atoms with Gasteiger partial charge >= 0.3 is 0 Å². The highest BCUT2D eigenvalue weighted by atomic mass is 16.5. The van der Waals surface area contributed by atoms with Crippen molar-refractivity contribution in [1.29, 1.82) is 0 Å². The topological polar surface area (TPSA) is 75.1 Å². The summed E-state index contributed by atoms with van der Waals surface area (Å²) in [5, 5.41) is 3.31. The predicted molar refractivity (Wildman–Crippen MR) is 39.5 cm³/mol. The number of ether oxygens (including phenoxy) is 1. The lowest BCUT2D eigenvalue weighted by Crippen LogP contribution is -2.17. The van der Waals surface area contributed by atoms with Crippen molar-refractivity contribution in [1.82, 2.24) is 0 Å². The maximum Gasteiger partial charge on any atom is 0.293 e. The van der Waals surface area contributed by atoms with Gasteiger partial charge in [0.2, 0.25) is 0 Å². The van der Waals surface area contributed by atoms with E-state index in [9.17, 15) is 4.79 Å². The Labute approximate surface area is 65.0 Å². The van der Waals surface area contributed by atoms with Crippen LogP contribution in [-0.4, -0.2) is 12.7 Å². The zero-order valence-corrected chi connectivity index (χ0v) is 6.60. The SMILES string of the molecule is CC[C@H](C)C(N=[N+]=[N-])OC=O. The van der Waals surface area contributed by atoms with Crippen LogP contribution < -0.4 is 0 Å². The molecule has 0 rings (SSSR count). The van der Waals surface area contributed by atoms with Gasteiger partial charge in [0.25, 0.3) is 6.47 Å². The quantitative estimate of drug-likeness (QED) is 0.264. The van der Waals surface area contributed by atoms with Gasteiger partial charge in [-0.3, -0.25) is 4.79 Å². The van der Waals surface area contributed by atoms with Crippen molar-refractivity contribution in [2.45, 2.75) is 26.5 Å². The lowest BCUT2D eigenvalue weighted by atomic mass is 10.1. The summed E-state index contributed by atoms with van der Waals surface area (Å²) in [7, 11) is 0. The zero-order chi connectivity index (χ0) is 8.69. The number of nitrogens with zero attached hydrogens (tertiary/aromatic N) is 3. The Morgan fingerprint density at radius 1 is 1.82 bits per heavy atom. The predicted octanol–water partition coefficient (Wildman–Crippen LogP) is 1.84. The third kappa shape index (κ3) is 3.47. The van der Waals surface area contributed by atoms with Crippen LogP contribution in [0.1, 0.15) is 20.3 Å². The number of azide groups is 1. The standard InChI is InChI=1S/C6H11N3O2/c1-3-5(2)6(8-9-7)11-4-10/h4-6H,3H2,1-2H3/t5-,6?/m0/s1. The molecule has 0 N–H and O–H groups in total. The Kier molecular flexibility index (Phi) is 4.94. The zero-order valence-electron chi connectivity index (χ0n) is 6.60. The lowest BCUT2D eigenvalue weighted by Gasteiger charge is -2.14. The minimum Gasteiger partial charge on any atom is -0.458 e. The summed E-state index contributed by atoms with van der Waals surface area (Å²) in [6.07, 6.45) is 0.139. The van der Waals surface area contributed by atoms with E-state index in [-0.39, 0.29) is 5.92 Å². The van der Waals surface area contributed by atoms with Crippen molar-refractivity contribution in [3.8, 4) is 0 Å². The van der Waals surface area contributed by atoms with Gasteiger partial charge in [-0.1, -0.05) is 13.8 Å². The summed E-state index contributed by atoms with van der Waals surface area (Å²) in [4.78, 5) is 12.5. The van der Waals surface area contributed by atoms with Crippen LogP contribution in [0.5, 0.6) is 0 Å². The first-order valence-electron chi connectivity index (χ1n) is 3.39. The van der Waals surface area contributed by atoms with Crippen LogP contribution in [0.2, 0.25) is 0 Å². The normalized spacial score (nSPS) is 14.4. The Morgan fingerprint density at radius 2 is 2.45 bits per heavy atom. The summed E-state index contributed by atoms with van der Waals surface area (Å²) in [6, 6.07) is 0. The number of rotatable bonds is 5. The minimum atomic E-state index is -0.664. The smallest absolute Gasteiger partial charge is 0.293 e. The molecule has 2 atom stereocenters. The average molecular weight is 157 g/mol. The third-order valence-electron chi connectivity index (χ3n) is 1.49. The van der Waals surface area contributed by atoms with E-state index in [4.69, 9.17) is 5.53 Å². The molecule has 1 unspecified atom stereocenters. The molecule has 0 aliphatic heterocycles. The van der Waals surface area contributed by atoms with Crippen LogP contribution in [0.3, 0.4) is 0 Å². The van der Waals surface area contributed by atoms with Gasteiger partial charge in [0, 0.05) is 4.91 Å². The van der Waals surface area contributed by atoms with Gasteiger partial charge in [-0.15, -0.1) is 0 Å². The minimum absolute atomic E-state index is 0.0658. The Bertz CT molecular complexity index is 165. The second kappa shape index (κ2) is 5.56. The molecule has 0 saturated heterocycles. The molecule has 0 aliphatic carbocycles. The molecule has 0 amide bonds. The molecule has 0 aliphatic rings. The Morgan fingerprint density at radius 3 is 2.82 bits per heavy atom. The van der Waals surface area contributed by atoms with Gasteiger partial charge in [0.1, 0.15) is 0 Å². The molecule has 11 heavy (non-hydrogen) atoms. The van der Waals surface area contributed by atoms with E-state index in [1.165, 1.54) is 0 Å². The van der Waals surface area contributed by atoms with Gasteiger partial charge in [0.15, 0.2) is 6.23 Å². The van der Waals surface area contributed by atoms with Crippen LogP contribution in [-0.2, 0) is 9.53 Å². The first kappa shape index (κ1) is 9.78. The molecule has 0 spiro atoms. The highest BCUT2D eigenvalue weighted by molar-refractivity contribution is 5.37. The van der Waals surface area contributed by atoms with Crippen molar-refractivity contribution in [2.75, 3.05) is 0 Å². The van der Waals surface area contributed by atoms with Crippen molar-refractivity contribution < 1.29 is 9.53 Å². The van der Waals surface area contributed by atoms with E-state index in [0.717, 1.165) is 6.42 Å². The van der Waals surface area contributed by atoms with Crippen LogP contribution >= 0.6 is 0 Å². The van der Waals surface area contributed by atoms with Crippen molar-refractivity contribution in [2.24, 2.45) is 11.0 Å². The van der Waals surface area contributed by atoms with E-state index < -0.39 is 6.23 Å². The third-order valence-corrected chi connectivity index (χ3v) is 1.49. The monoisotopic (exact) mass is 157 g/mol. The maximum atomic E-state index is 9.90. The molecule has 5 heteroatoms. The Hall–Kier alpha value is -1.22. The molecular weight excluding hydrogens is 146 g/mol. The molecule has 5 nitrogen and oxygen atoms in total. The molecule has 0 bridgehead atoms. The summed E-state index contributed by atoms with van der Waals surface area (Å²) >= 11 is 0. The van der Waals surface area contributed by atoms with E-state index in [2.05, 4.69) is 14.8 Å². The highest BCUT2D eigenvalue weighted by Gasteiger charge is 2.13. The van der Waals surface area contributed by atoms with Crippen LogP contribution in [0, 0.1) is 5.92 Å². The summed E-state index contributed by atoms with van der Waals surface area (Å²) < 4.78 is 4.53. The van der Waals surface area contributed by atoms with E-state index in [1.54, 1.807) is 0 Å². The maximum absolute atomic E-state index is 9.90. The number of carbonyl (C=O) groups is 1. The molecule has 0 fully saturated rings. The second-order valence-corrected chi connectivity index (χ2v) is 2.21. The van der Waals surface area contributed by atoms with Crippen LogP contribution in [0.4, 0.5) is 0 Å². The Balaban J connectivity index is 4.06. The molecule has 0 heterocycles. The fourth-order valence-corrected chi connectivity index (χ4v) is 0.585. The highest BCUT2D eigenvalue weighted by Crippen LogP contribution is 2.11. The van der Waals surface area contributed by atoms with Crippen molar-refractivity contribution in [3.63, 3.8) is 0 Å². The molecule has 0 aromatic heterocycles. The summed E-state index contributed by atoms with van der Waals surface area (Å²) in [5.41, 5.74) is 8.07. The largest absolute Gasteiger partial charge is 0.458 e. The van der Waals surface area contributed by atoms with Crippen LogP contribution in [0.15, 0.2) is 5.11 Å². The first-order chi connectivity index (χ1) is 5.26. The molecule has 0 radical (unpaired) electrons. The van der Waals surface area contributed by atoms with Gasteiger partial charge in [0.05, 0.1) is 0 Å². The molecule has 62 valence electrons. The van der Waals surface area contributed by atoms with Crippen LogP contribution in [0.25, 0.3) is 10.4 Å². The van der Waals surface area contributed by atoms with Gasteiger partial charge in [-0.25, -0.2) is 0 Å². The lowest BCUT2D eigenvalue weighted by molar-refractivity contribution is -0.135. The van der Waals surface area contributed by atoms with E-state index >= 15 is 0 Å².